The lowest BCUT2D eigenvalue weighted by molar-refractivity contribution is 0.281. The molecule has 0 aromatic heterocycles. The number of unbranched alkanes of at least 4 members (excludes halogenated alkanes) is 2. The molecule has 2 aliphatic carbocycles. The van der Waals surface area contributed by atoms with E-state index >= 15 is 0 Å². The lowest BCUT2D eigenvalue weighted by atomic mass is 9.77. The van der Waals surface area contributed by atoms with Gasteiger partial charge in [-0.15, -0.1) is 0 Å². The van der Waals surface area contributed by atoms with Gasteiger partial charge in [-0.3, -0.25) is 0 Å². The molecule has 3 heteroatoms. The van der Waals surface area contributed by atoms with Gasteiger partial charge in [-0.1, -0.05) is 81.7 Å². The quantitative estimate of drug-likeness (QED) is 0.183. The zero-order valence-corrected chi connectivity index (χ0v) is 24.2. The SMILES string of the molecule is CCCCCOc1ccc(C2CCC(CC/C=C/C3CC=C(c4ccc(CCC)cc4)CC3)CC2)c(F)c1F. The van der Waals surface area contributed by atoms with Crippen LogP contribution in [0, 0.1) is 23.5 Å². The highest BCUT2D eigenvalue weighted by Gasteiger charge is 2.26. The summed E-state index contributed by atoms with van der Waals surface area (Å²) < 4.78 is 34.9. The monoisotopic (exact) mass is 534 g/mol. The number of ether oxygens (including phenoxy) is 1. The van der Waals surface area contributed by atoms with Gasteiger partial charge in [0, 0.05) is 0 Å². The Balaban J connectivity index is 1.17. The first-order valence-corrected chi connectivity index (χ1v) is 15.6. The largest absolute Gasteiger partial charge is 0.490 e. The van der Waals surface area contributed by atoms with Gasteiger partial charge < -0.3 is 4.74 Å². The molecule has 2 aliphatic rings. The van der Waals surface area contributed by atoms with E-state index in [2.05, 4.69) is 56.3 Å². The summed E-state index contributed by atoms with van der Waals surface area (Å²) in [6, 6.07) is 12.6. The topological polar surface area (TPSA) is 9.23 Å². The third-order valence-electron chi connectivity index (χ3n) is 8.83. The molecule has 1 atom stereocenters. The van der Waals surface area contributed by atoms with Crippen molar-refractivity contribution in [3.05, 3.63) is 83.0 Å². The van der Waals surface area contributed by atoms with E-state index in [-0.39, 0.29) is 11.7 Å². The molecule has 2 aromatic carbocycles. The molecule has 1 unspecified atom stereocenters. The maximum atomic E-state index is 14.8. The Morgan fingerprint density at radius 1 is 0.872 bits per heavy atom. The number of rotatable bonds is 13. The van der Waals surface area contributed by atoms with Crippen LogP contribution in [0.4, 0.5) is 8.78 Å². The fourth-order valence-electron chi connectivity index (χ4n) is 6.36. The first-order valence-electron chi connectivity index (χ1n) is 15.6. The van der Waals surface area contributed by atoms with Crippen LogP contribution >= 0.6 is 0 Å². The third kappa shape index (κ3) is 8.53. The van der Waals surface area contributed by atoms with E-state index in [1.807, 2.05) is 0 Å². The van der Waals surface area contributed by atoms with Crippen LogP contribution in [0.2, 0.25) is 0 Å². The van der Waals surface area contributed by atoms with Crippen molar-refractivity contribution in [1.29, 1.82) is 0 Å². The van der Waals surface area contributed by atoms with Gasteiger partial charge in [-0.25, -0.2) is 4.39 Å². The van der Waals surface area contributed by atoms with Crippen molar-refractivity contribution < 1.29 is 13.5 Å². The van der Waals surface area contributed by atoms with Crippen molar-refractivity contribution >= 4 is 5.57 Å². The minimum absolute atomic E-state index is 0.0542. The second kappa shape index (κ2) is 15.4. The summed E-state index contributed by atoms with van der Waals surface area (Å²) in [5.41, 5.74) is 4.87. The molecule has 2 aromatic rings. The highest BCUT2D eigenvalue weighted by molar-refractivity contribution is 5.66. The minimum atomic E-state index is -0.814. The number of benzene rings is 2. The van der Waals surface area contributed by atoms with Gasteiger partial charge in [-0.05, 0) is 117 Å². The Morgan fingerprint density at radius 2 is 1.67 bits per heavy atom. The predicted octanol–water partition coefficient (Wildman–Crippen LogP) is 11.0. The molecule has 0 aliphatic heterocycles. The molecular weight excluding hydrogens is 486 g/mol. The van der Waals surface area contributed by atoms with Gasteiger partial charge in [0.2, 0.25) is 5.82 Å². The van der Waals surface area contributed by atoms with Crippen molar-refractivity contribution in [2.75, 3.05) is 6.61 Å². The Labute approximate surface area is 235 Å². The zero-order chi connectivity index (χ0) is 27.5. The molecule has 1 nitrogen and oxygen atoms in total. The van der Waals surface area contributed by atoms with E-state index < -0.39 is 11.6 Å². The first-order chi connectivity index (χ1) is 19.1. The van der Waals surface area contributed by atoms with Crippen LogP contribution in [-0.4, -0.2) is 6.61 Å². The third-order valence-corrected chi connectivity index (χ3v) is 8.83. The summed E-state index contributed by atoms with van der Waals surface area (Å²) in [7, 11) is 0. The minimum Gasteiger partial charge on any atom is -0.490 e. The lowest BCUT2D eigenvalue weighted by Gasteiger charge is -2.29. The van der Waals surface area contributed by atoms with E-state index in [9.17, 15) is 8.78 Å². The summed E-state index contributed by atoms with van der Waals surface area (Å²) in [5, 5.41) is 0. The molecule has 1 saturated carbocycles. The molecule has 0 radical (unpaired) electrons. The number of hydrogen-bond acceptors (Lipinski definition) is 1. The van der Waals surface area contributed by atoms with Gasteiger partial charge in [0.1, 0.15) is 0 Å². The zero-order valence-electron chi connectivity index (χ0n) is 24.2. The van der Waals surface area contributed by atoms with Crippen molar-refractivity contribution in [1.82, 2.24) is 0 Å². The second-order valence-electron chi connectivity index (χ2n) is 11.8. The van der Waals surface area contributed by atoms with E-state index in [1.54, 1.807) is 12.1 Å². The second-order valence-corrected chi connectivity index (χ2v) is 11.8. The highest BCUT2D eigenvalue weighted by atomic mass is 19.2. The van der Waals surface area contributed by atoms with Gasteiger partial charge >= 0.3 is 0 Å². The van der Waals surface area contributed by atoms with Gasteiger partial charge in [0.05, 0.1) is 6.61 Å². The van der Waals surface area contributed by atoms with Crippen LogP contribution in [-0.2, 0) is 6.42 Å². The molecule has 0 saturated heterocycles. The highest BCUT2D eigenvalue weighted by Crippen LogP contribution is 2.40. The summed E-state index contributed by atoms with van der Waals surface area (Å²) >= 11 is 0. The molecule has 4 rings (SSSR count). The fraction of sp³-hybridized carbons (Fsp3) is 0.556. The summed E-state index contributed by atoms with van der Waals surface area (Å²) in [5.74, 6) is -0.00250. The smallest absolute Gasteiger partial charge is 0.200 e. The molecule has 39 heavy (non-hydrogen) atoms. The van der Waals surface area contributed by atoms with Crippen LogP contribution < -0.4 is 4.74 Å². The predicted molar refractivity (Wildman–Crippen MR) is 160 cm³/mol. The number of halogens is 2. The van der Waals surface area contributed by atoms with E-state index in [0.29, 0.717) is 24.0 Å². The van der Waals surface area contributed by atoms with Gasteiger partial charge in [-0.2, -0.15) is 4.39 Å². The van der Waals surface area contributed by atoms with Crippen molar-refractivity contribution in [3.8, 4) is 5.75 Å². The first kappa shape index (κ1) is 29.6. The van der Waals surface area contributed by atoms with Crippen LogP contribution in [0.5, 0.6) is 5.75 Å². The molecule has 0 bridgehead atoms. The van der Waals surface area contributed by atoms with E-state index in [0.717, 1.165) is 70.6 Å². The summed E-state index contributed by atoms with van der Waals surface area (Å²) in [6.07, 6.45) is 22.5. The number of allylic oxidation sites excluding steroid dienone is 4. The van der Waals surface area contributed by atoms with Crippen LogP contribution in [0.15, 0.2) is 54.6 Å². The number of aryl methyl sites for hydroxylation is 1. The van der Waals surface area contributed by atoms with Crippen molar-refractivity contribution in [2.45, 2.75) is 110 Å². The average molecular weight is 535 g/mol. The normalized spacial score (nSPS) is 21.7. The van der Waals surface area contributed by atoms with E-state index in [1.165, 1.54) is 36.0 Å². The van der Waals surface area contributed by atoms with E-state index in [4.69, 9.17) is 4.74 Å². The molecule has 0 heterocycles. The standard InChI is InChI=1S/C36H48F2O/c1-3-5-8-26-39-34-25-24-33(35(37)36(34)38)32-22-16-29(17-23-32)11-7-6-10-28-14-20-31(21-15-28)30-18-12-27(9-4-2)13-19-30/h6,10,12-13,18-20,24-25,28-29,32H,3-5,7-9,11,14-17,21-23,26H2,1-2H3/b10-6+. The molecule has 0 N–H and O–H groups in total. The average Bonchev–Trinajstić information content (AvgIpc) is 2.97. The Morgan fingerprint density at radius 3 is 2.36 bits per heavy atom. The van der Waals surface area contributed by atoms with Crippen LogP contribution in [0.25, 0.3) is 5.57 Å². The molecule has 212 valence electrons. The van der Waals surface area contributed by atoms with Gasteiger partial charge in [0.25, 0.3) is 0 Å². The number of hydrogen-bond donors (Lipinski definition) is 0. The molecule has 0 spiro atoms. The summed E-state index contributed by atoms with van der Waals surface area (Å²) in [6.45, 7) is 4.78. The molecular formula is C36H48F2O. The molecule has 1 fully saturated rings. The summed E-state index contributed by atoms with van der Waals surface area (Å²) in [4.78, 5) is 0. The van der Waals surface area contributed by atoms with Crippen molar-refractivity contribution in [3.63, 3.8) is 0 Å². The van der Waals surface area contributed by atoms with Gasteiger partial charge in [0.15, 0.2) is 11.6 Å². The Kier molecular flexibility index (Phi) is 11.7. The van der Waals surface area contributed by atoms with Crippen molar-refractivity contribution in [2.24, 2.45) is 11.8 Å². The Hall–Kier alpha value is -2.42. The maximum absolute atomic E-state index is 14.8. The Bertz CT molecular complexity index is 1080. The van der Waals surface area contributed by atoms with Crippen LogP contribution in [0.3, 0.4) is 0 Å². The molecule has 0 amide bonds. The fourth-order valence-corrected chi connectivity index (χ4v) is 6.36. The lowest BCUT2D eigenvalue weighted by Crippen LogP contribution is -2.15. The maximum Gasteiger partial charge on any atom is 0.200 e. The van der Waals surface area contributed by atoms with Crippen LogP contribution in [0.1, 0.15) is 120 Å².